The first kappa shape index (κ1) is 44.4. The first-order chi connectivity index (χ1) is 34.8. The van der Waals surface area contributed by atoms with Gasteiger partial charge in [0.05, 0.1) is 88.8 Å². The Morgan fingerprint density at radius 2 is 0.361 bits per heavy atom. The van der Waals surface area contributed by atoms with Crippen LogP contribution in [-0.4, -0.2) is 27.4 Å². The summed E-state index contributed by atoms with van der Waals surface area (Å²) in [6.45, 7) is 0. The highest BCUT2D eigenvalue weighted by molar-refractivity contribution is 6.00. The lowest BCUT2D eigenvalue weighted by Crippen LogP contribution is -2.42. The zero-order chi connectivity index (χ0) is 49.8. The van der Waals surface area contributed by atoms with Crippen LogP contribution in [0.1, 0.15) is 152 Å². The van der Waals surface area contributed by atoms with Gasteiger partial charge in [0, 0.05) is 12.1 Å². The van der Waals surface area contributed by atoms with Gasteiger partial charge in [-0.2, -0.15) is 0 Å². The van der Waals surface area contributed by atoms with Gasteiger partial charge in [-0.15, -0.1) is 0 Å². The molecular weight excluding hydrogens is 925 g/mol. The molecule has 6 aromatic heterocycles. The third kappa shape index (κ3) is 6.00. The van der Waals surface area contributed by atoms with E-state index in [1.54, 1.807) is 0 Å². The van der Waals surface area contributed by atoms with Crippen molar-refractivity contribution in [3.8, 4) is 0 Å². The summed E-state index contributed by atoms with van der Waals surface area (Å²) < 4.78 is 6.62. The summed E-state index contributed by atoms with van der Waals surface area (Å²) in [6.07, 6.45) is 11.6. The molecule has 4 aliphatic carbocycles. The molecule has 6 heterocycles. The van der Waals surface area contributed by atoms with Crippen LogP contribution < -0.4 is 66.7 Å². The minimum absolute atomic E-state index is 0.0318. The van der Waals surface area contributed by atoms with Crippen LogP contribution in [0.5, 0.6) is 0 Å². The molecule has 0 bridgehead atoms. The van der Waals surface area contributed by atoms with Crippen molar-refractivity contribution < 1.29 is 0 Å². The van der Waals surface area contributed by atoms with Crippen molar-refractivity contribution >= 4 is 64.6 Å². The quantitative estimate of drug-likeness (QED) is 0.229. The zero-order valence-electron chi connectivity index (χ0n) is 39.2. The fourth-order valence-electron chi connectivity index (χ4n) is 14.0. The molecule has 18 nitrogen and oxygen atoms in total. The first-order valence-corrected chi connectivity index (χ1v) is 25.6. The van der Waals surface area contributed by atoms with Crippen molar-refractivity contribution in [2.24, 2.45) is 0 Å². The molecular formula is C54H48N6O12. The van der Waals surface area contributed by atoms with Crippen molar-refractivity contribution in [2.75, 3.05) is 0 Å². The molecule has 0 saturated heterocycles. The standard InChI is InChI=1S/C54H48N6O12/c61-43-27-19-31-32(20-28(27)44(62)55(43)25-11-3-1-4-12-25)48(66)57(47(31)65)39-15-7-9-17-41(39)59-51(69)35-23-37-38(24-36(35)52(59)70)54(72)60(53(37)71)42-18-10-8-16-40(42)58-49(67)33-21-29-30(22-34(33)50(58)68)46(64)56(45(29)63)26-13-5-2-6-14-26/h19-26,39-42H,1-18H2/t39-,40-,41-,42-/m1/s1. The monoisotopic (exact) mass is 972 g/mol. The van der Waals surface area contributed by atoms with Gasteiger partial charge >= 0.3 is 0 Å². The van der Waals surface area contributed by atoms with E-state index in [4.69, 9.17) is 0 Å². The van der Waals surface area contributed by atoms with Crippen molar-refractivity contribution in [1.29, 1.82) is 0 Å². The molecule has 4 fully saturated rings. The second-order valence-corrected chi connectivity index (χ2v) is 21.1. The number of aromatic nitrogens is 6. The SMILES string of the molecule is O=c1c2cc3c(=O)n([C@@H]4CCCC[C@H]4n4c(=O)c5cc6c(=O)n([C@@H]7CCCC[C@H]7n7c(=O)c8cc9c(=O)n(C%10CCCCC%10)c(=O)c9cc8c7=O)c(=O)c6cc5c4=O)c(=O)c3cc2c(=O)n1C1CCCCC1. The van der Waals surface area contributed by atoms with Crippen LogP contribution in [-0.2, 0) is 0 Å². The van der Waals surface area contributed by atoms with E-state index in [1.807, 2.05) is 0 Å². The molecule has 4 atom stereocenters. The second-order valence-electron chi connectivity index (χ2n) is 21.1. The van der Waals surface area contributed by atoms with Crippen LogP contribution in [0.4, 0.5) is 0 Å². The van der Waals surface area contributed by atoms with Crippen LogP contribution in [0, 0.1) is 0 Å². The smallest absolute Gasteiger partial charge is 0.261 e. The Labute approximate surface area is 403 Å². The van der Waals surface area contributed by atoms with E-state index < -0.39 is 90.9 Å². The predicted molar refractivity (Wildman–Crippen MR) is 272 cm³/mol. The molecule has 0 unspecified atom stereocenters. The topological polar surface area (TPSA) is 234 Å². The Morgan fingerprint density at radius 1 is 0.208 bits per heavy atom. The molecule has 366 valence electrons. The van der Waals surface area contributed by atoms with E-state index in [0.29, 0.717) is 51.4 Å². The van der Waals surface area contributed by atoms with Gasteiger partial charge in [-0.3, -0.25) is 84.9 Å². The minimum Gasteiger partial charge on any atom is -0.271 e. The molecule has 0 radical (unpaired) electrons. The van der Waals surface area contributed by atoms with E-state index in [1.165, 1.54) is 45.5 Å². The maximum atomic E-state index is 14.5. The molecule has 0 N–H and O–H groups in total. The van der Waals surface area contributed by atoms with E-state index in [-0.39, 0.29) is 102 Å². The highest BCUT2D eigenvalue weighted by atomic mass is 16.2. The lowest BCUT2D eigenvalue weighted by molar-refractivity contribution is 0.228. The lowest BCUT2D eigenvalue weighted by atomic mass is 9.90. The Balaban J connectivity index is 0.881. The number of benzene rings is 3. The van der Waals surface area contributed by atoms with Gasteiger partial charge in [0.2, 0.25) is 0 Å². The average molecular weight is 973 g/mol. The molecule has 4 saturated carbocycles. The van der Waals surface area contributed by atoms with Crippen molar-refractivity contribution in [3.63, 3.8) is 0 Å². The maximum absolute atomic E-state index is 14.5. The number of hydrogen-bond donors (Lipinski definition) is 0. The maximum Gasteiger partial charge on any atom is 0.261 e. The van der Waals surface area contributed by atoms with Gasteiger partial charge < -0.3 is 0 Å². The van der Waals surface area contributed by atoms with E-state index in [2.05, 4.69) is 0 Å². The number of hydrogen-bond acceptors (Lipinski definition) is 12. The normalized spacial score (nSPS) is 22.0. The second kappa shape index (κ2) is 16.0. The molecule has 0 aliphatic heterocycles. The van der Waals surface area contributed by atoms with Crippen LogP contribution in [0.25, 0.3) is 64.6 Å². The van der Waals surface area contributed by atoms with Crippen molar-refractivity contribution in [1.82, 2.24) is 27.4 Å². The van der Waals surface area contributed by atoms with Crippen molar-refractivity contribution in [3.05, 3.63) is 161 Å². The van der Waals surface area contributed by atoms with E-state index >= 15 is 0 Å². The fraction of sp³-hybridized carbons (Fsp3) is 0.444. The van der Waals surface area contributed by atoms with Crippen LogP contribution >= 0.6 is 0 Å². The zero-order valence-corrected chi connectivity index (χ0v) is 39.2. The van der Waals surface area contributed by atoms with Gasteiger partial charge in [0.25, 0.3) is 66.7 Å². The average Bonchev–Trinajstić information content (AvgIpc) is 4.12. The van der Waals surface area contributed by atoms with E-state index in [0.717, 1.165) is 56.8 Å². The van der Waals surface area contributed by atoms with Crippen LogP contribution in [0.3, 0.4) is 0 Å². The van der Waals surface area contributed by atoms with Gasteiger partial charge in [-0.05, 0) is 87.8 Å². The molecule has 9 aromatic rings. The van der Waals surface area contributed by atoms with Gasteiger partial charge in [-0.25, -0.2) is 0 Å². The van der Waals surface area contributed by atoms with Gasteiger partial charge in [0.15, 0.2) is 0 Å². The van der Waals surface area contributed by atoms with Gasteiger partial charge in [0.1, 0.15) is 0 Å². The van der Waals surface area contributed by atoms with Crippen molar-refractivity contribution in [2.45, 2.75) is 152 Å². The summed E-state index contributed by atoms with van der Waals surface area (Å²) in [5, 5.41) is -0.418. The molecule has 4 aliphatic rings. The highest BCUT2D eigenvalue weighted by Crippen LogP contribution is 2.38. The molecule has 18 heteroatoms. The Morgan fingerprint density at radius 3 is 0.542 bits per heavy atom. The van der Waals surface area contributed by atoms with Gasteiger partial charge in [-0.1, -0.05) is 64.2 Å². The molecule has 72 heavy (non-hydrogen) atoms. The minimum atomic E-state index is -0.973. The number of nitrogens with zero attached hydrogens (tertiary/aromatic N) is 6. The van der Waals surface area contributed by atoms with Crippen LogP contribution in [0.15, 0.2) is 93.9 Å². The van der Waals surface area contributed by atoms with E-state index in [9.17, 15) is 57.5 Å². The largest absolute Gasteiger partial charge is 0.271 e. The summed E-state index contributed by atoms with van der Waals surface area (Å²) in [7, 11) is 0. The Hall–Kier alpha value is -7.50. The summed E-state index contributed by atoms with van der Waals surface area (Å²) >= 11 is 0. The summed E-state index contributed by atoms with van der Waals surface area (Å²) in [4.78, 5) is 170. The first-order valence-electron chi connectivity index (χ1n) is 25.6. The molecule has 3 aromatic carbocycles. The molecule has 0 amide bonds. The number of rotatable bonds is 6. The summed E-state index contributed by atoms with van der Waals surface area (Å²) in [5.41, 5.74) is -7.86. The highest BCUT2D eigenvalue weighted by Gasteiger charge is 2.38. The Bertz CT molecular complexity index is 4000. The Kier molecular flexibility index (Phi) is 9.88. The third-order valence-corrected chi connectivity index (χ3v) is 17.5. The summed E-state index contributed by atoms with van der Waals surface area (Å²) in [6, 6.07) is 3.38. The molecule has 0 spiro atoms. The summed E-state index contributed by atoms with van der Waals surface area (Å²) in [5.74, 6) is 0. The predicted octanol–water partition coefficient (Wildman–Crippen LogP) is 4.09. The van der Waals surface area contributed by atoms with Crippen LogP contribution in [0.2, 0.25) is 0 Å². The fourth-order valence-corrected chi connectivity index (χ4v) is 14.0. The third-order valence-electron chi connectivity index (χ3n) is 17.5. The lowest BCUT2D eigenvalue weighted by Gasteiger charge is -2.32. The molecule has 13 rings (SSSR count). The number of fused-ring (bicyclic) bond motifs is 6.